The number of carbonyl (C=O) groups is 1. The zero-order chi connectivity index (χ0) is 18.8. The number of carbonyl (C=O) groups excluding carboxylic acids is 1. The Kier molecular flexibility index (Phi) is 5.07. The Balaban J connectivity index is 1.60. The summed E-state index contributed by atoms with van der Waals surface area (Å²) < 4.78 is 0.777. The minimum Gasteiger partial charge on any atom is -0.357 e. The molecular weight excluding hydrogens is 404 g/mol. The van der Waals surface area contributed by atoms with Crippen molar-refractivity contribution in [1.29, 1.82) is 0 Å². The maximum atomic E-state index is 12.5. The minimum atomic E-state index is -0.182. The van der Waals surface area contributed by atoms with E-state index in [1.807, 2.05) is 18.2 Å². The van der Waals surface area contributed by atoms with Gasteiger partial charge in [0, 0.05) is 41.0 Å². The Bertz CT molecular complexity index is 999. The van der Waals surface area contributed by atoms with Crippen LogP contribution in [0, 0.1) is 6.92 Å². The summed E-state index contributed by atoms with van der Waals surface area (Å²) in [5.41, 5.74) is 3.39. The van der Waals surface area contributed by atoms with Crippen molar-refractivity contribution in [3.05, 3.63) is 58.3 Å². The van der Waals surface area contributed by atoms with E-state index in [0.29, 0.717) is 5.56 Å². The van der Waals surface area contributed by atoms with Crippen LogP contribution in [-0.2, 0) is 0 Å². The third-order valence-corrected chi connectivity index (χ3v) is 5.34. The lowest BCUT2D eigenvalue weighted by atomic mass is 10.1. The van der Waals surface area contributed by atoms with Crippen molar-refractivity contribution in [1.82, 2.24) is 9.97 Å². The van der Waals surface area contributed by atoms with E-state index >= 15 is 0 Å². The first-order valence-corrected chi connectivity index (χ1v) is 9.98. The van der Waals surface area contributed by atoms with Gasteiger partial charge in [0.15, 0.2) is 0 Å². The molecule has 4 rings (SSSR count). The van der Waals surface area contributed by atoms with Gasteiger partial charge in [0.2, 0.25) is 0 Å². The van der Waals surface area contributed by atoms with E-state index in [-0.39, 0.29) is 5.91 Å². The number of amides is 1. The highest BCUT2D eigenvalue weighted by Crippen LogP contribution is 2.27. The molecule has 0 spiro atoms. The second-order valence-corrected chi connectivity index (χ2v) is 7.84. The molecule has 0 unspecified atom stereocenters. The molecule has 0 radical (unpaired) electrons. The van der Waals surface area contributed by atoms with Crippen LogP contribution in [0.4, 0.5) is 11.5 Å². The molecule has 0 aliphatic carbocycles. The standard InChI is InChI=1S/C21H21BrN4O/c1-14-9-20(26-7-3-2-4-8-26)25-19-6-5-17(11-18(14)19)24-21(27)15-10-16(22)13-23-12-15/h5-6,9-13H,2-4,7-8H2,1H3,(H,24,27). The van der Waals surface area contributed by atoms with Gasteiger partial charge in [0.1, 0.15) is 5.82 Å². The van der Waals surface area contributed by atoms with Gasteiger partial charge >= 0.3 is 0 Å². The van der Waals surface area contributed by atoms with Crippen LogP contribution in [-0.4, -0.2) is 29.0 Å². The number of nitrogens with zero attached hydrogens (tertiary/aromatic N) is 3. The van der Waals surface area contributed by atoms with Gasteiger partial charge in [-0.25, -0.2) is 4.98 Å². The summed E-state index contributed by atoms with van der Waals surface area (Å²) in [5, 5.41) is 4.00. The molecule has 0 saturated carbocycles. The minimum absolute atomic E-state index is 0.182. The molecular formula is C21H21BrN4O. The smallest absolute Gasteiger partial charge is 0.257 e. The number of nitrogens with one attached hydrogen (secondary N) is 1. The number of aromatic nitrogens is 2. The number of piperidine rings is 1. The van der Waals surface area contributed by atoms with Gasteiger partial charge in [-0.05, 0) is 78.0 Å². The molecule has 1 amide bonds. The number of fused-ring (bicyclic) bond motifs is 1. The predicted molar refractivity (Wildman–Crippen MR) is 112 cm³/mol. The normalized spacial score (nSPS) is 14.4. The van der Waals surface area contributed by atoms with Crippen molar-refractivity contribution in [2.75, 3.05) is 23.3 Å². The summed E-state index contributed by atoms with van der Waals surface area (Å²) in [5.74, 6) is 0.871. The molecule has 27 heavy (non-hydrogen) atoms. The molecule has 138 valence electrons. The molecule has 0 atom stereocenters. The van der Waals surface area contributed by atoms with E-state index < -0.39 is 0 Å². The molecule has 1 aromatic carbocycles. The summed E-state index contributed by atoms with van der Waals surface area (Å²) in [6, 6.07) is 9.77. The fraction of sp³-hybridized carbons (Fsp3) is 0.286. The van der Waals surface area contributed by atoms with Crippen molar-refractivity contribution < 1.29 is 4.79 Å². The highest BCUT2D eigenvalue weighted by Gasteiger charge is 2.14. The monoisotopic (exact) mass is 424 g/mol. The van der Waals surface area contributed by atoms with Gasteiger partial charge in [0.05, 0.1) is 11.1 Å². The van der Waals surface area contributed by atoms with Gasteiger partial charge in [0.25, 0.3) is 5.91 Å². The summed E-state index contributed by atoms with van der Waals surface area (Å²) >= 11 is 3.34. The largest absolute Gasteiger partial charge is 0.357 e. The molecule has 6 heteroatoms. The molecule has 1 saturated heterocycles. The first kappa shape index (κ1) is 17.9. The Morgan fingerprint density at radius 2 is 1.93 bits per heavy atom. The van der Waals surface area contributed by atoms with E-state index in [0.717, 1.165) is 40.0 Å². The van der Waals surface area contributed by atoms with E-state index in [2.05, 4.69) is 44.1 Å². The summed E-state index contributed by atoms with van der Waals surface area (Å²) in [7, 11) is 0. The Hall–Kier alpha value is -2.47. The summed E-state index contributed by atoms with van der Waals surface area (Å²) in [6.07, 6.45) is 6.97. The van der Waals surface area contributed by atoms with Gasteiger partial charge in [-0.3, -0.25) is 9.78 Å². The first-order valence-electron chi connectivity index (χ1n) is 9.18. The second-order valence-electron chi connectivity index (χ2n) is 6.92. The Morgan fingerprint density at radius 1 is 1.11 bits per heavy atom. The second kappa shape index (κ2) is 7.64. The number of benzene rings is 1. The van der Waals surface area contributed by atoms with E-state index in [1.54, 1.807) is 18.5 Å². The van der Waals surface area contributed by atoms with Crippen molar-refractivity contribution in [2.24, 2.45) is 0 Å². The molecule has 5 nitrogen and oxygen atoms in total. The van der Waals surface area contributed by atoms with Crippen LogP contribution in [0.25, 0.3) is 10.9 Å². The number of anilines is 2. The number of pyridine rings is 2. The molecule has 1 fully saturated rings. The van der Waals surface area contributed by atoms with Crippen LogP contribution >= 0.6 is 15.9 Å². The zero-order valence-corrected chi connectivity index (χ0v) is 16.8. The topological polar surface area (TPSA) is 58.1 Å². The Morgan fingerprint density at radius 3 is 2.70 bits per heavy atom. The first-order chi connectivity index (χ1) is 13.1. The van der Waals surface area contributed by atoms with E-state index in [9.17, 15) is 4.79 Å². The number of aryl methyl sites for hydroxylation is 1. The maximum absolute atomic E-state index is 12.5. The van der Waals surface area contributed by atoms with Crippen LogP contribution in [0.15, 0.2) is 47.2 Å². The van der Waals surface area contributed by atoms with Crippen LogP contribution in [0.3, 0.4) is 0 Å². The molecule has 1 aliphatic heterocycles. The SMILES string of the molecule is Cc1cc(N2CCCCC2)nc2ccc(NC(=O)c3cncc(Br)c3)cc12. The average Bonchev–Trinajstić information content (AvgIpc) is 2.69. The number of halogens is 1. The molecule has 3 heterocycles. The van der Waals surface area contributed by atoms with Gasteiger partial charge in [-0.15, -0.1) is 0 Å². The van der Waals surface area contributed by atoms with Crippen LogP contribution < -0.4 is 10.2 Å². The highest BCUT2D eigenvalue weighted by molar-refractivity contribution is 9.10. The summed E-state index contributed by atoms with van der Waals surface area (Å²) in [4.78, 5) is 23.7. The van der Waals surface area contributed by atoms with Crippen molar-refractivity contribution in [3.63, 3.8) is 0 Å². The number of hydrogen-bond acceptors (Lipinski definition) is 4. The van der Waals surface area contributed by atoms with Crippen LogP contribution in [0.5, 0.6) is 0 Å². The Labute approximate surface area is 166 Å². The maximum Gasteiger partial charge on any atom is 0.257 e. The fourth-order valence-electron chi connectivity index (χ4n) is 3.48. The number of hydrogen-bond donors (Lipinski definition) is 1. The van der Waals surface area contributed by atoms with Crippen molar-refractivity contribution in [3.8, 4) is 0 Å². The van der Waals surface area contributed by atoms with Crippen molar-refractivity contribution in [2.45, 2.75) is 26.2 Å². The molecule has 2 aromatic heterocycles. The van der Waals surface area contributed by atoms with Crippen molar-refractivity contribution >= 4 is 44.2 Å². The third-order valence-electron chi connectivity index (χ3n) is 4.91. The van der Waals surface area contributed by atoms with E-state index in [1.165, 1.54) is 24.8 Å². The van der Waals surface area contributed by atoms with E-state index in [4.69, 9.17) is 4.98 Å². The lowest BCUT2D eigenvalue weighted by Crippen LogP contribution is -2.30. The molecule has 1 aliphatic rings. The summed E-state index contributed by atoms with van der Waals surface area (Å²) in [6.45, 7) is 4.25. The third kappa shape index (κ3) is 3.95. The highest BCUT2D eigenvalue weighted by atomic mass is 79.9. The van der Waals surface area contributed by atoms with Gasteiger partial charge in [-0.2, -0.15) is 0 Å². The average molecular weight is 425 g/mol. The lowest BCUT2D eigenvalue weighted by molar-refractivity contribution is 0.102. The van der Waals surface area contributed by atoms with Crippen LogP contribution in [0.2, 0.25) is 0 Å². The molecule has 1 N–H and O–H groups in total. The predicted octanol–water partition coefficient (Wildman–Crippen LogP) is 4.94. The molecule has 0 bridgehead atoms. The van der Waals surface area contributed by atoms with Gasteiger partial charge in [-0.1, -0.05) is 0 Å². The lowest BCUT2D eigenvalue weighted by Gasteiger charge is -2.28. The zero-order valence-electron chi connectivity index (χ0n) is 15.2. The van der Waals surface area contributed by atoms with Gasteiger partial charge < -0.3 is 10.2 Å². The quantitative estimate of drug-likeness (QED) is 0.646. The number of rotatable bonds is 3. The molecule has 3 aromatic rings. The fourth-order valence-corrected chi connectivity index (χ4v) is 3.84. The van der Waals surface area contributed by atoms with Crippen LogP contribution in [0.1, 0.15) is 35.2 Å².